The van der Waals surface area contributed by atoms with Crippen LogP contribution in [-0.2, 0) is 0 Å². The Labute approximate surface area is 86.4 Å². The van der Waals surface area contributed by atoms with Gasteiger partial charge in [-0.05, 0) is 11.8 Å². The van der Waals surface area contributed by atoms with Crippen molar-refractivity contribution in [3.63, 3.8) is 0 Å². The Morgan fingerprint density at radius 3 is 2.00 bits per heavy atom. The lowest BCUT2D eigenvalue weighted by Gasteiger charge is -2.27. The molecule has 0 aromatic rings. The fourth-order valence-electron chi connectivity index (χ4n) is 1.90. The van der Waals surface area contributed by atoms with E-state index in [0.29, 0.717) is 0 Å². The second kappa shape index (κ2) is 5.58. The van der Waals surface area contributed by atoms with Gasteiger partial charge in [0.1, 0.15) is 0 Å². The minimum atomic E-state index is 0.871. The summed E-state index contributed by atoms with van der Waals surface area (Å²) in [5.41, 5.74) is 0. The summed E-state index contributed by atoms with van der Waals surface area (Å²) in [7, 11) is 0. The zero-order valence-electron chi connectivity index (χ0n) is 6.86. The van der Waals surface area contributed by atoms with Gasteiger partial charge in [0, 0.05) is 10.7 Å². The predicted octanol–water partition coefficient (Wildman–Crippen LogP) is 3.97. The normalized spacial score (nSPS) is 21.0. The van der Waals surface area contributed by atoms with E-state index in [9.17, 15) is 0 Å². The van der Waals surface area contributed by atoms with Gasteiger partial charge in [-0.1, -0.05) is 64.0 Å². The highest BCUT2D eigenvalue weighted by atomic mass is 79.9. The van der Waals surface area contributed by atoms with Gasteiger partial charge in [-0.3, -0.25) is 0 Å². The average Bonchev–Trinajstić information content (AvgIpc) is 2.09. The van der Waals surface area contributed by atoms with Crippen LogP contribution >= 0.6 is 31.9 Å². The molecule has 0 N–H and O–H groups in total. The molecule has 0 amide bonds. The standard InChI is InChI=1S/C9H16Br2/c10-6-9(7-11)8-4-2-1-3-5-8/h8-9H,1-7H2. The van der Waals surface area contributed by atoms with Gasteiger partial charge in [-0.15, -0.1) is 0 Å². The van der Waals surface area contributed by atoms with Crippen molar-refractivity contribution in [2.75, 3.05) is 10.7 Å². The summed E-state index contributed by atoms with van der Waals surface area (Å²) >= 11 is 7.16. The first kappa shape index (κ1) is 10.0. The highest BCUT2D eigenvalue weighted by Crippen LogP contribution is 2.31. The maximum Gasteiger partial charge on any atom is 0.00703 e. The molecule has 0 aliphatic heterocycles. The molecule has 0 unspecified atom stereocenters. The maximum atomic E-state index is 3.58. The first-order valence-corrected chi connectivity index (χ1v) is 6.74. The summed E-state index contributed by atoms with van der Waals surface area (Å²) < 4.78 is 0. The van der Waals surface area contributed by atoms with Gasteiger partial charge in [-0.2, -0.15) is 0 Å². The largest absolute Gasteiger partial charge is 0.0925 e. The predicted molar refractivity (Wildman–Crippen MR) is 57.7 cm³/mol. The number of hydrogen-bond acceptors (Lipinski definition) is 0. The van der Waals surface area contributed by atoms with Crippen molar-refractivity contribution >= 4 is 31.9 Å². The van der Waals surface area contributed by atoms with E-state index in [-0.39, 0.29) is 0 Å². The molecular formula is C9H16Br2. The van der Waals surface area contributed by atoms with Crippen LogP contribution in [0, 0.1) is 11.8 Å². The molecule has 1 rings (SSSR count). The first-order valence-electron chi connectivity index (χ1n) is 4.50. The Balaban J connectivity index is 2.30. The van der Waals surface area contributed by atoms with Gasteiger partial charge in [0.2, 0.25) is 0 Å². The number of halogens is 2. The highest BCUT2D eigenvalue weighted by Gasteiger charge is 2.21. The van der Waals surface area contributed by atoms with Crippen molar-refractivity contribution in [1.82, 2.24) is 0 Å². The molecule has 2 heteroatoms. The summed E-state index contributed by atoms with van der Waals surface area (Å²) in [4.78, 5) is 0. The van der Waals surface area contributed by atoms with E-state index in [4.69, 9.17) is 0 Å². The van der Waals surface area contributed by atoms with Crippen molar-refractivity contribution < 1.29 is 0 Å². The topological polar surface area (TPSA) is 0 Å². The Morgan fingerprint density at radius 1 is 1.00 bits per heavy atom. The molecular weight excluding hydrogens is 268 g/mol. The molecule has 1 fully saturated rings. The molecule has 1 aliphatic rings. The molecule has 0 radical (unpaired) electrons. The molecule has 0 aromatic carbocycles. The lowest BCUT2D eigenvalue weighted by atomic mass is 9.82. The average molecular weight is 284 g/mol. The fraction of sp³-hybridized carbons (Fsp3) is 1.00. The van der Waals surface area contributed by atoms with Crippen LogP contribution in [0.5, 0.6) is 0 Å². The zero-order valence-corrected chi connectivity index (χ0v) is 10.0. The van der Waals surface area contributed by atoms with Crippen LogP contribution in [0.3, 0.4) is 0 Å². The van der Waals surface area contributed by atoms with Crippen molar-refractivity contribution in [2.45, 2.75) is 32.1 Å². The van der Waals surface area contributed by atoms with Gasteiger partial charge in [0.05, 0.1) is 0 Å². The van der Waals surface area contributed by atoms with Crippen LogP contribution in [0.2, 0.25) is 0 Å². The summed E-state index contributed by atoms with van der Waals surface area (Å²) in [6.07, 6.45) is 7.31. The smallest absolute Gasteiger partial charge is 0.00703 e. The fourth-order valence-corrected chi connectivity index (χ4v) is 4.03. The lowest BCUT2D eigenvalue weighted by molar-refractivity contribution is 0.288. The molecule has 0 bridgehead atoms. The molecule has 1 saturated carbocycles. The third-order valence-electron chi connectivity index (χ3n) is 2.71. The number of rotatable bonds is 3. The van der Waals surface area contributed by atoms with E-state index in [2.05, 4.69) is 31.9 Å². The Hall–Kier alpha value is 0.960. The molecule has 1 aliphatic carbocycles. The van der Waals surface area contributed by atoms with E-state index in [0.717, 1.165) is 11.8 Å². The minimum Gasteiger partial charge on any atom is -0.0925 e. The van der Waals surface area contributed by atoms with Gasteiger partial charge in [0.25, 0.3) is 0 Å². The molecule has 11 heavy (non-hydrogen) atoms. The third kappa shape index (κ3) is 3.06. The summed E-state index contributed by atoms with van der Waals surface area (Å²) in [6, 6.07) is 0. The molecule has 66 valence electrons. The summed E-state index contributed by atoms with van der Waals surface area (Å²) in [5.74, 6) is 1.86. The Bertz CT molecular complexity index is 93.7. The zero-order chi connectivity index (χ0) is 8.10. The van der Waals surface area contributed by atoms with E-state index in [1.165, 1.54) is 42.8 Å². The van der Waals surface area contributed by atoms with Crippen LogP contribution in [0.25, 0.3) is 0 Å². The SMILES string of the molecule is BrCC(CBr)C1CCCCC1. The molecule has 0 atom stereocenters. The van der Waals surface area contributed by atoms with Crippen LogP contribution in [0.1, 0.15) is 32.1 Å². The lowest BCUT2D eigenvalue weighted by Crippen LogP contribution is -2.20. The van der Waals surface area contributed by atoms with Crippen molar-refractivity contribution in [3.8, 4) is 0 Å². The Morgan fingerprint density at radius 2 is 1.55 bits per heavy atom. The highest BCUT2D eigenvalue weighted by molar-refractivity contribution is 9.09. The van der Waals surface area contributed by atoms with Gasteiger partial charge >= 0.3 is 0 Å². The second-order valence-corrected chi connectivity index (χ2v) is 4.76. The van der Waals surface area contributed by atoms with Crippen LogP contribution < -0.4 is 0 Å². The van der Waals surface area contributed by atoms with E-state index in [1.807, 2.05) is 0 Å². The van der Waals surface area contributed by atoms with Crippen molar-refractivity contribution in [1.29, 1.82) is 0 Å². The maximum absolute atomic E-state index is 3.58. The van der Waals surface area contributed by atoms with Crippen LogP contribution in [0.15, 0.2) is 0 Å². The summed E-state index contributed by atoms with van der Waals surface area (Å²) in [6.45, 7) is 0. The molecule has 0 saturated heterocycles. The van der Waals surface area contributed by atoms with E-state index in [1.54, 1.807) is 0 Å². The van der Waals surface area contributed by atoms with Crippen LogP contribution in [0.4, 0.5) is 0 Å². The molecule has 0 spiro atoms. The van der Waals surface area contributed by atoms with Gasteiger partial charge in [-0.25, -0.2) is 0 Å². The van der Waals surface area contributed by atoms with Crippen molar-refractivity contribution in [2.24, 2.45) is 11.8 Å². The van der Waals surface area contributed by atoms with Gasteiger partial charge in [0.15, 0.2) is 0 Å². The minimum absolute atomic E-state index is 0.871. The molecule has 0 aromatic heterocycles. The summed E-state index contributed by atoms with van der Waals surface area (Å²) in [5, 5.41) is 2.34. The third-order valence-corrected chi connectivity index (χ3v) is 4.38. The van der Waals surface area contributed by atoms with Crippen molar-refractivity contribution in [3.05, 3.63) is 0 Å². The monoisotopic (exact) mass is 282 g/mol. The Kier molecular flexibility index (Phi) is 5.09. The number of alkyl halides is 2. The van der Waals surface area contributed by atoms with E-state index >= 15 is 0 Å². The van der Waals surface area contributed by atoms with E-state index < -0.39 is 0 Å². The van der Waals surface area contributed by atoms with Crippen LogP contribution in [-0.4, -0.2) is 10.7 Å². The quantitative estimate of drug-likeness (QED) is 0.688. The first-order chi connectivity index (χ1) is 5.38. The second-order valence-electron chi connectivity index (χ2n) is 3.47. The molecule has 0 heterocycles. The molecule has 0 nitrogen and oxygen atoms in total. The number of hydrogen-bond donors (Lipinski definition) is 0. The van der Waals surface area contributed by atoms with Gasteiger partial charge < -0.3 is 0 Å².